The lowest BCUT2D eigenvalue weighted by Crippen LogP contribution is -2.45. The molecule has 0 aromatic heterocycles. The van der Waals surface area contributed by atoms with Gasteiger partial charge in [-0.2, -0.15) is 0 Å². The summed E-state index contributed by atoms with van der Waals surface area (Å²) in [7, 11) is 0. The molecule has 0 bridgehead atoms. The van der Waals surface area contributed by atoms with Crippen LogP contribution in [0.3, 0.4) is 0 Å². The number of halogens is 3. The lowest BCUT2D eigenvalue weighted by atomic mass is 10.1. The van der Waals surface area contributed by atoms with Crippen molar-refractivity contribution in [2.45, 2.75) is 44.8 Å². The molecule has 30 heavy (non-hydrogen) atoms. The number of amides is 1. The fourth-order valence-corrected chi connectivity index (χ4v) is 3.44. The average molecular weight is 422 g/mol. The Hall–Kier alpha value is -2.74. The summed E-state index contributed by atoms with van der Waals surface area (Å²) in [5.41, 5.74) is 0.711. The van der Waals surface area contributed by atoms with E-state index in [9.17, 15) is 18.0 Å². The molecule has 2 aromatic carbocycles. The number of hydrogen-bond donors (Lipinski definition) is 1. The number of alkyl halides is 3. The van der Waals surface area contributed by atoms with Gasteiger partial charge < -0.3 is 19.7 Å². The van der Waals surface area contributed by atoms with E-state index in [1.807, 2.05) is 18.2 Å². The zero-order chi connectivity index (χ0) is 21.6. The lowest BCUT2D eigenvalue weighted by molar-refractivity contribution is -0.274. The minimum absolute atomic E-state index is 0.178. The van der Waals surface area contributed by atoms with Crippen molar-refractivity contribution in [1.29, 1.82) is 0 Å². The third-order valence-corrected chi connectivity index (χ3v) is 4.85. The third-order valence-electron chi connectivity index (χ3n) is 4.85. The summed E-state index contributed by atoms with van der Waals surface area (Å²) in [6.07, 6.45) is -3.41. The van der Waals surface area contributed by atoms with Crippen molar-refractivity contribution >= 4 is 5.91 Å². The zero-order valence-corrected chi connectivity index (χ0v) is 16.7. The Labute approximate surface area is 173 Å². The van der Waals surface area contributed by atoms with Crippen LogP contribution in [0.2, 0.25) is 0 Å². The van der Waals surface area contributed by atoms with E-state index in [-0.39, 0.29) is 24.2 Å². The summed E-state index contributed by atoms with van der Waals surface area (Å²) in [5.74, 6) is 0.136. The number of hydrogen-bond acceptors (Lipinski definition) is 4. The third kappa shape index (κ3) is 6.66. The summed E-state index contributed by atoms with van der Waals surface area (Å²) in [6.45, 7) is 3.38. The molecule has 2 aromatic rings. The quantitative estimate of drug-likeness (QED) is 0.695. The first-order valence-corrected chi connectivity index (χ1v) is 9.89. The Morgan fingerprint density at radius 1 is 1.13 bits per heavy atom. The minimum Gasteiger partial charge on any atom is -0.481 e. The highest BCUT2D eigenvalue weighted by Crippen LogP contribution is 2.23. The second-order valence-electron chi connectivity index (χ2n) is 7.28. The molecular formula is C22H25F3N2O3. The highest BCUT2D eigenvalue weighted by molar-refractivity contribution is 5.81. The Kier molecular flexibility index (Phi) is 7.20. The number of benzene rings is 2. The molecule has 2 atom stereocenters. The van der Waals surface area contributed by atoms with Gasteiger partial charge in [0.25, 0.3) is 5.91 Å². The van der Waals surface area contributed by atoms with Crippen molar-refractivity contribution in [3.8, 4) is 11.5 Å². The van der Waals surface area contributed by atoms with Gasteiger partial charge in [0.2, 0.25) is 0 Å². The second-order valence-corrected chi connectivity index (χ2v) is 7.28. The fourth-order valence-electron chi connectivity index (χ4n) is 3.44. The van der Waals surface area contributed by atoms with Gasteiger partial charge in [0.15, 0.2) is 6.10 Å². The maximum atomic E-state index is 13.1. The largest absolute Gasteiger partial charge is 0.573 e. The molecule has 2 unspecified atom stereocenters. The monoisotopic (exact) mass is 422 g/mol. The normalized spacial score (nSPS) is 17.4. The van der Waals surface area contributed by atoms with E-state index in [0.717, 1.165) is 19.4 Å². The van der Waals surface area contributed by atoms with Gasteiger partial charge in [-0.25, -0.2) is 0 Å². The topological polar surface area (TPSA) is 50.8 Å². The number of carbonyl (C=O) groups is 1. The summed E-state index contributed by atoms with van der Waals surface area (Å²) in [6, 6.07) is 14.9. The van der Waals surface area contributed by atoms with Gasteiger partial charge in [0, 0.05) is 19.1 Å². The van der Waals surface area contributed by atoms with Crippen LogP contribution in [0, 0.1) is 0 Å². The van der Waals surface area contributed by atoms with Crippen molar-refractivity contribution in [1.82, 2.24) is 10.2 Å². The fraction of sp³-hybridized carbons (Fsp3) is 0.409. The maximum absolute atomic E-state index is 13.1. The Morgan fingerprint density at radius 2 is 1.83 bits per heavy atom. The van der Waals surface area contributed by atoms with Crippen LogP contribution in [0.1, 0.15) is 25.3 Å². The first-order valence-electron chi connectivity index (χ1n) is 9.89. The average Bonchev–Trinajstić information content (AvgIpc) is 3.21. The first kappa shape index (κ1) is 22.0. The molecule has 0 spiro atoms. The van der Waals surface area contributed by atoms with Crippen LogP contribution in [0.25, 0.3) is 0 Å². The highest BCUT2D eigenvalue weighted by Gasteiger charge is 2.31. The molecule has 1 fully saturated rings. The molecule has 162 valence electrons. The Morgan fingerprint density at radius 3 is 2.43 bits per heavy atom. The second kappa shape index (κ2) is 9.84. The molecule has 1 heterocycles. The zero-order valence-electron chi connectivity index (χ0n) is 16.7. The molecule has 1 N–H and O–H groups in total. The molecule has 1 aliphatic rings. The van der Waals surface area contributed by atoms with Gasteiger partial charge >= 0.3 is 6.36 Å². The van der Waals surface area contributed by atoms with Crippen LogP contribution in [0.4, 0.5) is 13.2 Å². The van der Waals surface area contributed by atoms with Gasteiger partial charge in [-0.05, 0) is 56.1 Å². The van der Waals surface area contributed by atoms with Crippen molar-refractivity contribution in [2.75, 3.05) is 13.1 Å². The van der Waals surface area contributed by atoms with E-state index >= 15 is 0 Å². The van der Waals surface area contributed by atoms with Crippen LogP contribution in [-0.4, -0.2) is 42.4 Å². The SMILES string of the molecule is CC(Oc1ccccc1)C(=O)N(Cc1ccc(OC(F)(F)F)cc1)CC1CCCN1. The molecule has 1 saturated heterocycles. The van der Waals surface area contributed by atoms with Crippen LogP contribution in [0.15, 0.2) is 54.6 Å². The Balaban J connectivity index is 1.69. The van der Waals surface area contributed by atoms with Crippen molar-refractivity contribution in [2.24, 2.45) is 0 Å². The van der Waals surface area contributed by atoms with Gasteiger partial charge in [0.05, 0.1) is 0 Å². The predicted octanol–water partition coefficient (Wildman–Crippen LogP) is 4.13. The lowest BCUT2D eigenvalue weighted by Gasteiger charge is -2.29. The van der Waals surface area contributed by atoms with Crippen LogP contribution >= 0.6 is 0 Å². The number of nitrogens with one attached hydrogen (secondary N) is 1. The van der Waals surface area contributed by atoms with Gasteiger partial charge in [-0.15, -0.1) is 13.2 Å². The molecule has 3 rings (SSSR count). The molecule has 5 nitrogen and oxygen atoms in total. The van der Waals surface area contributed by atoms with Gasteiger partial charge in [-0.3, -0.25) is 4.79 Å². The van der Waals surface area contributed by atoms with Gasteiger partial charge in [-0.1, -0.05) is 30.3 Å². The van der Waals surface area contributed by atoms with E-state index < -0.39 is 12.5 Å². The van der Waals surface area contributed by atoms with Crippen molar-refractivity contribution in [3.05, 3.63) is 60.2 Å². The summed E-state index contributed by atoms with van der Waals surface area (Å²) in [5, 5.41) is 3.37. The van der Waals surface area contributed by atoms with E-state index in [1.54, 1.807) is 24.0 Å². The summed E-state index contributed by atoms with van der Waals surface area (Å²) in [4.78, 5) is 14.8. The standard InChI is InChI=1S/C22H25F3N2O3/c1-16(29-19-7-3-2-4-8-19)21(28)27(15-18-6-5-13-26-18)14-17-9-11-20(12-10-17)30-22(23,24)25/h2-4,7-12,16,18,26H,5-6,13-15H2,1H3. The number of para-hydroxylation sites is 1. The van der Waals surface area contributed by atoms with E-state index in [1.165, 1.54) is 24.3 Å². The molecule has 0 aliphatic carbocycles. The summed E-state index contributed by atoms with van der Waals surface area (Å²) < 4.78 is 46.8. The molecule has 1 aliphatic heterocycles. The molecule has 0 radical (unpaired) electrons. The Bertz CT molecular complexity index is 807. The number of rotatable bonds is 8. The highest BCUT2D eigenvalue weighted by atomic mass is 19.4. The number of ether oxygens (including phenoxy) is 2. The molecule has 1 amide bonds. The number of nitrogens with zero attached hydrogens (tertiary/aromatic N) is 1. The summed E-state index contributed by atoms with van der Waals surface area (Å²) >= 11 is 0. The van der Waals surface area contributed by atoms with Gasteiger partial charge in [0.1, 0.15) is 11.5 Å². The molecule has 0 saturated carbocycles. The predicted molar refractivity (Wildman–Crippen MR) is 106 cm³/mol. The van der Waals surface area contributed by atoms with E-state index in [2.05, 4.69) is 10.1 Å². The number of carbonyl (C=O) groups excluding carboxylic acids is 1. The van der Waals surface area contributed by atoms with Crippen molar-refractivity contribution in [3.63, 3.8) is 0 Å². The smallest absolute Gasteiger partial charge is 0.481 e. The minimum atomic E-state index is -4.73. The molecule has 8 heteroatoms. The first-order chi connectivity index (χ1) is 14.3. The van der Waals surface area contributed by atoms with Crippen LogP contribution in [0.5, 0.6) is 11.5 Å². The van der Waals surface area contributed by atoms with Crippen LogP contribution in [-0.2, 0) is 11.3 Å². The van der Waals surface area contributed by atoms with E-state index in [0.29, 0.717) is 17.9 Å². The molecular weight excluding hydrogens is 397 g/mol. The maximum Gasteiger partial charge on any atom is 0.573 e. The van der Waals surface area contributed by atoms with E-state index in [4.69, 9.17) is 4.74 Å². The van der Waals surface area contributed by atoms with Crippen molar-refractivity contribution < 1.29 is 27.4 Å². The van der Waals surface area contributed by atoms with Crippen LogP contribution < -0.4 is 14.8 Å².